The molecule has 8 heteroatoms. The van der Waals surface area contributed by atoms with Crippen molar-refractivity contribution in [1.29, 1.82) is 0 Å². The molecule has 1 unspecified atom stereocenters. The minimum absolute atomic E-state index is 0. The van der Waals surface area contributed by atoms with Crippen LogP contribution in [0.5, 0.6) is 11.5 Å². The number of piperazine rings is 1. The van der Waals surface area contributed by atoms with Crippen LogP contribution in [0, 0.1) is 5.92 Å². The van der Waals surface area contributed by atoms with E-state index >= 15 is 0 Å². The van der Waals surface area contributed by atoms with Crippen molar-refractivity contribution < 1.29 is 9.47 Å². The first-order chi connectivity index (χ1) is 13.7. The van der Waals surface area contributed by atoms with Crippen LogP contribution < -0.4 is 14.8 Å². The molecule has 0 aromatic heterocycles. The lowest BCUT2D eigenvalue weighted by Gasteiger charge is -2.36. The molecule has 7 nitrogen and oxygen atoms in total. The van der Waals surface area contributed by atoms with Gasteiger partial charge in [-0.15, -0.1) is 24.0 Å². The zero-order chi connectivity index (χ0) is 19.3. The summed E-state index contributed by atoms with van der Waals surface area (Å²) < 4.78 is 10.9. The first kappa shape index (κ1) is 22.4. The summed E-state index contributed by atoms with van der Waals surface area (Å²) in [7, 11) is 1.90. The largest absolute Gasteiger partial charge is 0.454 e. The Bertz CT molecular complexity index is 694. The maximum atomic E-state index is 5.50. The van der Waals surface area contributed by atoms with E-state index in [1.54, 1.807) is 0 Å². The van der Waals surface area contributed by atoms with E-state index < -0.39 is 0 Å². The van der Waals surface area contributed by atoms with Gasteiger partial charge in [0, 0.05) is 52.9 Å². The molecule has 1 aromatic carbocycles. The number of hydrogen-bond acceptors (Lipinski definition) is 5. The third kappa shape index (κ3) is 5.67. The Morgan fingerprint density at radius 2 is 1.90 bits per heavy atom. The number of nitrogens with one attached hydrogen (secondary N) is 1. The molecule has 1 atom stereocenters. The smallest absolute Gasteiger partial charge is 0.231 e. The number of rotatable bonds is 5. The fraction of sp³-hybridized carbons (Fsp3) is 0.667. The molecule has 1 N–H and O–H groups in total. The molecular weight excluding hydrogens is 481 g/mol. The average Bonchev–Trinajstić information content (AvgIpc) is 3.38. The fourth-order valence-electron chi connectivity index (χ4n) is 4.35. The maximum absolute atomic E-state index is 5.50. The number of nitrogens with zero attached hydrogens (tertiary/aromatic N) is 4. The Kier molecular flexibility index (Phi) is 8.25. The van der Waals surface area contributed by atoms with Gasteiger partial charge in [-0.2, -0.15) is 0 Å². The van der Waals surface area contributed by atoms with Gasteiger partial charge in [-0.05, 0) is 43.1 Å². The van der Waals surface area contributed by atoms with E-state index in [1.165, 1.54) is 25.1 Å². The van der Waals surface area contributed by atoms with Gasteiger partial charge in [0.25, 0.3) is 0 Å². The van der Waals surface area contributed by atoms with Crippen LogP contribution in [-0.2, 0) is 6.54 Å². The Morgan fingerprint density at radius 1 is 1.10 bits per heavy atom. The van der Waals surface area contributed by atoms with Crippen LogP contribution in [0.25, 0.3) is 0 Å². The van der Waals surface area contributed by atoms with Gasteiger partial charge in [0.2, 0.25) is 6.79 Å². The lowest BCUT2D eigenvalue weighted by atomic mass is 10.1. The predicted octanol–water partition coefficient (Wildman–Crippen LogP) is 2.07. The normalized spacial score (nSPS) is 22.6. The molecule has 2 fully saturated rings. The standard InChI is InChI=1S/C21H33N5O2.HI/c1-3-24-7-6-18(15-24)13-23-21(22-2)26-10-8-25(9-11-26)14-17-4-5-19-20(12-17)28-16-27-19;/h4-5,12,18H,3,6-11,13-16H2,1-2H3,(H,22,23);1H. The van der Waals surface area contributed by atoms with Gasteiger partial charge >= 0.3 is 0 Å². The summed E-state index contributed by atoms with van der Waals surface area (Å²) in [6.07, 6.45) is 1.29. The lowest BCUT2D eigenvalue weighted by Crippen LogP contribution is -2.52. The molecule has 0 spiro atoms. The van der Waals surface area contributed by atoms with Gasteiger partial charge in [0.1, 0.15) is 0 Å². The van der Waals surface area contributed by atoms with Crippen molar-refractivity contribution in [3.05, 3.63) is 23.8 Å². The molecule has 3 aliphatic heterocycles. The van der Waals surface area contributed by atoms with Crippen molar-refractivity contribution in [3.8, 4) is 11.5 Å². The molecule has 3 heterocycles. The Hall–Kier alpha value is -1.26. The molecule has 4 rings (SSSR count). The quantitative estimate of drug-likeness (QED) is 0.368. The molecule has 0 radical (unpaired) electrons. The zero-order valence-electron chi connectivity index (χ0n) is 17.6. The van der Waals surface area contributed by atoms with E-state index in [0.717, 1.165) is 69.2 Å². The average molecular weight is 515 g/mol. The van der Waals surface area contributed by atoms with Crippen LogP contribution in [0.3, 0.4) is 0 Å². The van der Waals surface area contributed by atoms with Crippen molar-refractivity contribution in [3.63, 3.8) is 0 Å². The van der Waals surface area contributed by atoms with E-state index in [2.05, 4.69) is 44.1 Å². The number of benzene rings is 1. The third-order valence-corrected chi connectivity index (χ3v) is 6.09. The highest BCUT2D eigenvalue weighted by Crippen LogP contribution is 2.32. The van der Waals surface area contributed by atoms with Gasteiger partial charge in [0.15, 0.2) is 17.5 Å². The molecule has 2 saturated heterocycles. The second-order valence-corrected chi connectivity index (χ2v) is 7.93. The van der Waals surface area contributed by atoms with Crippen molar-refractivity contribution in [1.82, 2.24) is 20.0 Å². The molecule has 1 aromatic rings. The highest BCUT2D eigenvalue weighted by molar-refractivity contribution is 14.0. The van der Waals surface area contributed by atoms with E-state index in [0.29, 0.717) is 6.79 Å². The summed E-state index contributed by atoms with van der Waals surface area (Å²) in [5.41, 5.74) is 1.28. The van der Waals surface area contributed by atoms with Crippen molar-refractivity contribution in [2.45, 2.75) is 19.9 Å². The van der Waals surface area contributed by atoms with Crippen LogP contribution in [0.4, 0.5) is 0 Å². The number of halogens is 1. The molecular formula is C21H34IN5O2. The Balaban J connectivity index is 0.00000240. The number of likely N-dealkylation sites (tertiary alicyclic amines) is 1. The zero-order valence-corrected chi connectivity index (χ0v) is 19.9. The number of ether oxygens (including phenoxy) is 2. The van der Waals surface area contributed by atoms with Crippen molar-refractivity contribution >= 4 is 29.9 Å². The van der Waals surface area contributed by atoms with Crippen molar-refractivity contribution in [2.24, 2.45) is 10.9 Å². The number of fused-ring (bicyclic) bond motifs is 1. The topological polar surface area (TPSA) is 52.6 Å². The van der Waals surface area contributed by atoms with Gasteiger partial charge < -0.3 is 24.6 Å². The molecule has 29 heavy (non-hydrogen) atoms. The van der Waals surface area contributed by atoms with Crippen LogP contribution in [0.15, 0.2) is 23.2 Å². The van der Waals surface area contributed by atoms with E-state index in [9.17, 15) is 0 Å². The molecule has 0 saturated carbocycles. The highest BCUT2D eigenvalue weighted by atomic mass is 127. The minimum Gasteiger partial charge on any atom is -0.454 e. The van der Waals surface area contributed by atoms with Gasteiger partial charge in [0.05, 0.1) is 0 Å². The van der Waals surface area contributed by atoms with Gasteiger partial charge in [-0.25, -0.2) is 0 Å². The van der Waals surface area contributed by atoms with E-state index in [4.69, 9.17) is 9.47 Å². The summed E-state index contributed by atoms with van der Waals surface area (Å²) in [6, 6.07) is 6.26. The highest BCUT2D eigenvalue weighted by Gasteiger charge is 2.24. The number of guanidine groups is 1. The molecule has 162 valence electrons. The van der Waals surface area contributed by atoms with Gasteiger partial charge in [-0.3, -0.25) is 9.89 Å². The van der Waals surface area contributed by atoms with Crippen molar-refractivity contribution in [2.75, 3.05) is 66.2 Å². The predicted molar refractivity (Wildman–Crippen MR) is 126 cm³/mol. The molecule has 3 aliphatic rings. The summed E-state index contributed by atoms with van der Waals surface area (Å²) >= 11 is 0. The first-order valence-corrected chi connectivity index (χ1v) is 10.5. The second-order valence-electron chi connectivity index (χ2n) is 7.93. The van der Waals surface area contributed by atoms with Crippen LogP contribution in [0.2, 0.25) is 0 Å². The number of hydrogen-bond donors (Lipinski definition) is 1. The Morgan fingerprint density at radius 3 is 2.62 bits per heavy atom. The summed E-state index contributed by atoms with van der Waals surface area (Å²) in [5.74, 6) is 3.52. The monoisotopic (exact) mass is 515 g/mol. The van der Waals surface area contributed by atoms with Gasteiger partial charge in [-0.1, -0.05) is 13.0 Å². The third-order valence-electron chi connectivity index (χ3n) is 6.09. The Labute approximate surface area is 191 Å². The van der Waals surface area contributed by atoms with Crippen LogP contribution in [0.1, 0.15) is 18.9 Å². The SMILES string of the molecule is CCN1CCC(CNC(=NC)N2CCN(Cc3ccc4c(c3)OCO4)CC2)C1.I. The molecule has 0 aliphatic carbocycles. The summed E-state index contributed by atoms with van der Waals surface area (Å²) in [4.78, 5) is 11.9. The summed E-state index contributed by atoms with van der Waals surface area (Å²) in [5, 5.41) is 3.62. The van der Waals surface area contributed by atoms with Crippen LogP contribution in [-0.4, -0.2) is 86.9 Å². The lowest BCUT2D eigenvalue weighted by molar-refractivity contribution is 0.171. The van der Waals surface area contributed by atoms with E-state index in [-0.39, 0.29) is 24.0 Å². The summed E-state index contributed by atoms with van der Waals surface area (Å²) in [6.45, 7) is 12.3. The second kappa shape index (κ2) is 10.7. The molecule has 0 bridgehead atoms. The first-order valence-electron chi connectivity index (χ1n) is 10.5. The van der Waals surface area contributed by atoms with E-state index in [1.807, 2.05) is 13.1 Å². The maximum Gasteiger partial charge on any atom is 0.231 e. The minimum atomic E-state index is 0. The fourth-order valence-corrected chi connectivity index (χ4v) is 4.35. The molecule has 0 amide bonds. The number of aliphatic imine (C=N–C) groups is 1. The van der Waals surface area contributed by atoms with Crippen LogP contribution >= 0.6 is 24.0 Å².